The van der Waals surface area contributed by atoms with E-state index >= 15 is 0 Å². The predicted molar refractivity (Wildman–Crippen MR) is 140 cm³/mol. The third-order valence-electron chi connectivity index (χ3n) is 6.63. The lowest BCUT2D eigenvalue weighted by Crippen LogP contribution is -2.44. The number of nitrogens with one attached hydrogen (secondary N) is 2. The van der Waals surface area contributed by atoms with Crippen LogP contribution in [0.25, 0.3) is 0 Å². The van der Waals surface area contributed by atoms with Crippen LogP contribution in [0.15, 0.2) is 41.4 Å². The fourth-order valence-electron chi connectivity index (χ4n) is 5.03. The lowest BCUT2D eigenvalue weighted by atomic mass is 9.85. The number of hydrogen-bond donors (Lipinski definition) is 2. The number of allylic oxidation sites excluding steroid dienone is 2. The predicted octanol–water partition coefficient (Wildman–Crippen LogP) is 2.85. The van der Waals surface area contributed by atoms with Gasteiger partial charge < -0.3 is 15.4 Å². The van der Waals surface area contributed by atoms with Gasteiger partial charge in [0.05, 0.1) is 18.4 Å². The van der Waals surface area contributed by atoms with Gasteiger partial charge in [-0.05, 0) is 48.3 Å². The number of amides is 2. The summed E-state index contributed by atoms with van der Waals surface area (Å²) in [5.74, 6) is 2.33. The number of rotatable bonds is 9. The monoisotopic (exact) mass is 566 g/mol. The van der Waals surface area contributed by atoms with Gasteiger partial charge in [0.2, 0.25) is 11.8 Å². The molecule has 1 aliphatic heterocycles. The molecule has 2 fully saturated rings. The molecule has 0 spiro atoms. The summed E-state index contributed by atoms with van der Waals surface area (Å²) in [4.78, 5) is 31.2. The number of fused-ring (bicyclic) bond motifs is 5. The molecule has 1 saturated carbocycles. The van der Waals surface area contributed by atoms with Gasteiger partial charge in [-0.15, -0.1) is 24.0 Å². The van der Waals surface area contributed by atoms with Gasteiger partial charge in [-0.2, -0.15) is 0 Å². The van der Waals surface area contributed by atoms with Crippen LogP contribution in [0.4, 0.5) is 0 Å². The zero-order valence-corrected chi connectivity index (χ0v) is 22.0. The van der Waals surface area contributed by atoms with Crippen LogP contribution < -0.4 is 15.4 Å². The molecule has 33 heavy (non-hydrogen) atoms. The first-order chi connectivity index (χ1) is 15.5. The van der Waals surface area contributed by atoms with Crippen molar-refractivity contribution >= 4 is 41.8 Å². The van der Waals surface area contributed by atoms with Crippen molar-refractivity contribution in [3.05, 3.63) is 42.0 Å². The van der Waals surface area contributed by atoms with Gasteiger partial charge >= 0.3 is 0 Å². The lowest BCUT2D eigenvalue weighted by Gasteiger charge is -2.18. The topological polar surface area (TPSA) is 83.0 Å². The van der Waals surface area contributed by atoms with E-state index in [0.717, 1.165) is 31.7 Å². The standard InChI is InChI=1S/C25H34N4O3.HI/c1-16(2)15-32-20-8-4-17(5-9-20)10-11-27-25(26-3)28-12-13-29-23(30)21-18-6-7-19(14-18)22(21)24(29)31;/h4-9,16,18-19,21-22H,10-15H2,1-3H3,(H2,26,27,28);1H. The summed E-state index contributed by atoms with van der Waals surface area (Å²) in [5, 5.41) is 6.51. The molecular weight excluding hydrogens is 531 g/mol. The van der Waals surface area contributed by atoms with E-state index in [4.69, 9.17) is 4.74 Å². The van der Waals surface area contributed by atoms with E-state index in [2.05, 4.69) is 53.8 Å². The van der Waals surface area contributed by atoms with E-state index in [-0.39, 0.29) is 59.5 Å². The molecule has 180 valence electrons. The van der Waals surface area contributed by atoms with Crippen molar-refractivity contribution in [2.45, 2.75) is 26.7 Å². The lowest BCUT2D eigenvalue weighted by molar-refractivity contribution is -0.140. The zero-order valence-electron chi connectivity index (χ0n) is 19.6. The summed E-state index contributed by atoms with van der Waals surface area (Å²) < 4.78 is 5.72. The van der Waals surface area contributed by atoms with Crippen molar-refractivity contribution in [3.8, 4) is 5.75 Å². The largest absolute Gasteiger partial charge is 0.493 e. The Morgan fingerprint density at radius 1 is 1.06 bits per heavy atom. The number of ether oxygens (including phenoxy) is 1. The number of guanidine groups is 1. The van der Waals surface area contributed by atoms with Crippen molar-refractivity contribution in [1.29, 1.82) is 0 Å². The minimum atomic E-state index is -0.128. The van der Waals surface area contributed by atoms with Crippen LogP contribution in [0.5, 0.6) is 5.75 Å². The molecule has 1 saturated heterocycles. The quantitative estimate of drug-likeness (QED) is 0.158. The first-order valence-corrected chi connectivity index (χ1v) is 11.7. The molecule has 3 aliphatic rings. The molecular formula is C25H35IN4O3. The Morgan fingerprint density at radius 2 is 1.67 bits per heavy atom. The average Bonchev–Trinajstić information content (AvgIpc) is 3.47. The summed E-state index contributed by atoms with van der Waals surface area (Å²) in [6.07, 6.45) is 6.06. The Kier molecular flexibility index (Phi) is 8.78. The number of hydrogen-bond acceptors (Lipinski definition) is 4. The Morgan fingerprint density at radius 3 is 2.24 bits per heavy atom. The average molecular weight is 566 g/mol. The zero-order chi connectivity index (χ0) is 22.7. The van der Waals surface area contributed by atoms with E-state index in [9.17, 15) is 9.59 Å². The van der Waals surface area contributed by atoms with Gasteiger partial charge in [0.1, 0.15) is 5.75 Å². The number of carbonyl (C=O) groups is 2. The van der Waals surface area contributed by atoms with E-state index in [1.807, 2.05) is 12.1 Å². The third-order valence-corrected chi connectivity index (χ3v) is 6.63. The number of halogens is 1. The number of carbonyl (C=O) groups excluding carboxylic acids is 2. The van der Waals surface area contributed by atoms with Crippen LogP contribution in [0.3, 0.4) is 0 Å². The van der Waals surface area contributed by atoms with Crippen molar-refractivity contribution in [2.24, 2.45) is 34.6 Å². The Bertz CT molecular complexity index is 869. The van der Waals surface area contributed by atoms with Crippen LogP contribution in [0, 0.1) is 29.6 Å². The summed E-state index contributed by atoms with van der Waals surface area (Å²) >= 11 is 0. The maximum absolute atomic E-state index is 12.7. The van der Waals surface area contributed by atoms with Crippen molar-refractivity contribution < 1.29 is 14.3 Å². The molecule has 1 aromatic rings. The van der Waals surface area contributed by atoms with E-state index in [1.165, 1.54) is 10.5 Å². The highest BCUT2D eigenvalue weighted by Crippen LogP contribution is 2.52. The second-order valence-corrected chi connectivity index (χ2v) is 9.35. The Hall–Kier alpha value is -2.10. The fourth-order valence-corrected chi connectivity index (χ4v) is 5.03. The molecule has 4 rings (SSSR count). The van der Waals surface area contributed by atoms with Crippen molar-refractivity contribution in [3.63, 3.8) is 0 Å². The highest BCUT2D eigenvalue weighted by Gasteiger charge is 2.58. The summed E-state index contributed by atoms with van der Waals surface area (Å²) in [5.41, 5.74) is 1.22. The number of aliphatic imine (C=N–C) groups is 1. The molecule has 4 atom stereocenters. The Labute approximate surface area is 213 Å². The van der Waals surface area contributed by atoms with E-state index < -0.39 is 0 Å². The minimum absolute atomic E-state index is 0. The second kappa shape index (κ2) is 11.4. The van der Waals surface area contributed by atoms with Crippen molar-refractivity contribution in [2.75, 3.05) is 33.3 Å². The third kappa shape index (κ3) is 5.70. The maximum Gasteiger partial charge on any atom is 0.233 e. The van der Waals surface area contributed by atoms with Gasteiger partial charge in [-0.25, -0.2) is 0 Å². The van der Waals surface area contributed by atoms with Crippen LogP contribution in [0.2, 0.25) is 0 Å². The smallest absolute Gasteiger partial charge is 0.233 e. The first kappa shape index (κ1) is 25.5. The number of nitrogens with zero attached hydrogens (tertiary/aromatic N) is 2. The minimum Gasteiger partial charge on any atom is -0.493 e. The molecule has 1 heterocycles. The van der Waals surface area contributed by atoms with Gasteiger partial charge in [-0.3, -0.25) is 19.5 Å². The van der Waals surface area contributed by atoms with Gasteiger partial charge in [0, 0.05) is 26.7 Å². The molecule has 8 heteroatoms. The molecule has 2 aliphatic carbocycles. The van der Waals surface area contributed by atoms with E-state index in [1.54, 1.807) is 7.05 Å². The van der Waals surface area contributed by atoms with Crippen LogP contribution in [-0.4, -0.2) is 56.0 Å². The molecule has 2 amide bonds. The summed E-state index contributed by atoms with van der Waals surface area (Å²) in [6, 6.07) is 8.17. The molecule has 4 unspecified atom stereocenters. The number of benzene rings is 1. The molecule has 2 N–H and O–H groups in total. The normalized spacial score (nSPS) is 25.5. The van der Waals surface area contributed by atoms with Crippen LogP contribution in [-0.2, 0) is 16.0 Å². The van der Waals surface area contributed by atoms with Crippen LogP contribution in [0.1, 0.15) is 25.8 Å². The van der Waals surface area contributed by atoms with Crippen LogP contribution >= 0.6 is 24.0 Å². The van der Waals surface area contributed by atoms with Crippen molar-refractivity contribution in [1.82, 2.24) is 15.5 Å². The summed E-state index contributed by atoms with van der Waals surface area (Å²) in [7, 11) is 1.72. The summed E-state index contributed by atoms with van der Waals surface area (Å²) in [6.45, 7) is 6.58. The molecule has 2 bridgehead atoms. The van der Waals surface area contributed by atoms with Gasteiger partial charge in [0.25, 0.3) is 0 Å². The van der Waals surface area contributed by atoms with E-state index in [0.29, 0.717) is 25.0 Å². The SMILES string of the molecule is CN=C(NCCc1ccc(OCC(C)C)cc1)NCCN1C(=O)C2C3C=CC(C3)C2C1=O.I. The maximum atomic E-state index is 12.7. The highest BCUT2D eigenvalue weighted by atomic mass is 127. The number of imide groups is 1. The molecule has 0 radical (unpaired) electrons. The second-order valence-electron chi connectivity index (χ2n) is 9.35. The Balaban J connectivity index is 0.00000306. The first-order valence-electron chi connectivity index (χ1n) is 11.7. The number of likely N-dealkylation sites (tertiary alicyclic amines) is 1. The van der Waals surface area contributed by atoms with Gasteiger partial charge in [0.15, 0.2) is 5.96 Å². The van der Waals surface area contributed by atoms with Gasteiger partial charge in [-0.1, -0.05) is 38.1 Å². The fraction of sp³-hybridized carbons (Fsp3) is 0.560. The molecule has 1 aromatic carbocycles. The highest BCUT2D eigenvalue weighted by molar-refractivity contribution is 14.0. The molecule has 7 nitrogen and oxygen atoms in total. The molecule has 0 aromatic heterocycles.